The molecule has 1 heterocycles. The maximum Gasteiger partial charge on any atom is 0.173 e. The summed E-state index contributed by atoms with van der Waals surface area (Å²) < 4.78 is 5.92. The molecule has 0 N–H and O–H groups in total. The zero-order valence-electron chi connectivity index (χ0n) is 10.6. The molecule has 100 valence electrons. The third-order valence-electron chi connectivity index (χ3n) is 3.23. The summed E-state index contributed by atoms with van der Waals surface area (Å²) >= 11 is 9.85. The molecular formula is C17H12BrClO. The standard InChI is InChI=1S/C17H12BrClO/c18-17-15(10-11-20-17)16(19)14-8-6-13(7-9-14)12-4-2-1-3-5-12/h1-11,16H. The topological polar surface area (TPSA) is 13.1 Å². The lowest BCUT2D eigenvalue weighted by Gasteiger charge is -2.09. The number of benzene rings is 2. The van der Waals surface area contributed by atoms with Gasteiger partial charge in [0, 0.05) is 5.56 Å². The van der Waals surface area contributed by atoms with Gasteiger partial charge in [-0.3, -0.25) is 0 Å². The van der Waals surface area contributed by atoms with Crippen LogP contribution in [-0.2, 0) is 0 Å². The summed E-state index contributed by atoms with van der Waals surface area (Å²) in [6, 6.07) is 20.5. The van der Waals surface area contributed by atoms with Crippen molar-refractivity contribution in [1.29, 1.82) is 0 Å². The third-order valence-corrected chi connectivity index (χ3v) is 4.36. The fourth-order valence-electron chi connectivity index (χ4n) is 2.14. The van der Waals surface area contributed by atoms with Crippen LogP contribution in [-0.4, -0.2) is 0 Å². The minimum absolute atomic E-state index is 0.215. The molecule has 2 aromatic carbocycles. The second-order valence-corrected chi connectivity index (χ2v) is 5.66. The third kappa shape index (κ3) is 2.67. The first-order chi connectivity index (χ1) is 9.75. The van der Waals surface area contributed by atoms with Gasteiger partial charge in [-0.05, 0) is 38.7 Å². The maximum absolute atomic E-state index is 6.49. The van der Waals surface area contributed by atoms with Crippen LogP contribution in [0.15, 0.2) is 76.0 Å². The van der Waals surface area contributed by atoms with E-state index in [4.69, 9.17) is 16.0 Å². The highest BCUT2D eigenvalue weighted by Crippen LogP contribution is 2.35. The normalized spacial score (nSPS) is 12.3. The Morgan fingerprint density at radius 2 is 1.50 bits per heavy atom. The molecule has 20 heavy (non-hydrogen) atoms. The average Bonchev–Trinajstić information content (AvgIpc) is 2.94. The largest absolute Gasteiger partial charge is 0.457 e. The Balaban J connectivity index is 1.89. The van der Waals surface area contributed by atoms with E-state index in [0.29, 0.717) is 4.67 Å². The second-order valence-electron chi connectivity index (χ2n) is 4.50. The molecule has 0 aliphatic carbocycles. The van der Waals surface area contributed by atoms with Crippen molar-refractivity contribution in [1.82, 2.24) is 0 Å². The maximum atomic E-state index is 6.49. The Morgan fingerprint density at radius 1 is 0.850 bits per heavy atom. The Hall–Kier alpha value is -1.51. The van der Waals surface area contributed by atoms with Crippen molar-refractivity contribution < 1.29 is 4.42 Å². The van der Waals surface area contributed by atoms with Gasteiger partial charge in [0.05, 0.1) is 11.6 Å². The monoisotopic (exact) mass is 346 g/mol. The number of hydrogen-bond acceptors (Lipinski definition) is 1. The number of alkyl halides is 1. The second kappa shape index (κ2) is 5.86. The molecule has 0 spiro atoms. The van der Waals surface area contributed by atoms with Gasteiger partial charge in [0.15, 0.2) is 4.67 Å². The van der Waals surface area contributed by atoms with E-state index in [1.54, 1.807) is 6.26 Å². The van der Waals surface area contributed by atoms with Gasteiger partial charge < -0.3 is 4.42 Å². The zero-order chi connectivity index (χ0) is 13.9. The van der Waals surface area contributed by atoms with E-state index in [2.05, 4.69) is 52.3 Å². The first-order valence-electron chi connectivity index (χ1n) is 6.28. The Morgan fingerprint density at radius 3 is 2.10 bits per heavy atom. The highest BCUT2D eigenvalue weighted by Gasteiger charge is 2.16. The molecule has 1 aromatic heterocycles. The zero-order valence-corrected chi connectivity index (χ0v) is 12.9. The molecule has 0 radical (unpaired) electrons. The first-order valence-corrected chi connectivity index (χ1v) is 7.51. The lowest BCUT2D eigenvalue weighted by Crippen LogP contribution is -1.92. The summed E-state index contributed by atoms with van der Waals surface area (Å²) in [6.45, 7) is 0. The highest BCUT2D eigenvalue weighted by molar-refractivity contribution is 9.10. The van der Waals surface area contributed by atoms with Crippen molar-refractivity contribution >= 4 is 27.5 Å². The average molecular weight is 348 g/mol. The summed E-state index contributed by atoms with van der Waals surface area (Å²) in [5, 5.41) is -0.215. The van der Waals surface area contributed by atoms with Crippen LogP contribution in [0.3, 0.4) is 0 Å². The molecule has 0 aliphatic heterocycles. The van der Waals surface area contributed by atoms with Crippen LogP contribution in [0.4, 0.5) is 0 Å². The predicted octanol–water partition coefficient (Wildman–Crippen LogP) is 6.04. The molecule has 3 aromatic rings. The molecular weight excluding hydrogens is 336 g/mol. The Labute approximate surface area is 131 Å². The molecule has 0 amide bonds. The molecule has 1 nitrogen and oxygen atoms in total. The number of furan rings is 1. The van der Waals surface area contributed by atoms with Crippen LogP contribution in [0.25, 0.3) is 11.1 Å². The highest BCUT2D eigenvalue weighted by atomic mass is 79.9. The molecule has 0 saturated heterocycles. The van der Waals surface area contributed by atoms with Crippen LogP contribution in [0.2, 0.25) is 0 Å². The van der Waals surface area contributed by atoms with Gasteiger partial charge in [0.1, 0.15) is 0 Å². The number of rotatable bonds is 3. The molecule has 0 aliphatic rings. The quantitative estimate of drug-likeness (QED) is 0.527. The first kappa shape index (κ1) is 13.5. The lowest BCUT2D eigenvalue weighted by atomic mass is 10.0. The number of hydrogen-bond donors (Lipinski definition) is 0. The van der Waals surface area contributed by atoms with Gasteiger partial charge >= 0.3 is 0 Å². The van der Waals surface area contributed by atoms with E-state index < -0.39 is 0 Å². The van der Waals surface area contributed by atoms with E-state index in [-0.39, 0.29) is 5.38 Å². The van der Waals surface area contributed by atoms with Crippen molar-refractivity contribution in [3.63, 3.8) is 0 Å². The Bertz CT molecular complexity index is 689. The van der Waals surface area contributed by atoms with Crippen molar-refractivity contribution in [2.24, 2.45) is 0 Å². The van der Waals surface area contributed by atoms with Crippen molar-refractivity contribution in [3.05, 3.63) is 82.7 Å². The number of halogens is 2. The molecule has 3 rings (SSSR count). The van der Waals surface area contributed by atoms with Crippen LogP contribution < -0.4 is 0 Å². The van der Waals surface area contributed by atoms with E-state index in [1.165, 1.54) is 11.1 Å². The smallest absolute Gasteiger partial charge is 0.173 e. The van der Waals surface area contributed by atoms with Gasteiger partial charge in [-0.2, -0.15) is 0 Å². The van der Waals surface area contributed by atoms with Crippen LogP contribution in [0, 0.1) is 0 Å². The van der Waals surface area contributed by atoms with Gasteiger partial charge in [0.2, 0.25) is 0 Å². The summed E-state index contributed by atoms with van der Waals surface area (Å²) in [6.07, 6.45) is 1.63. The molecule has 0 bridgehead atoms. The van der Waals surface area contributed by atoms with Gasteiger partial charge in [-0.25, -0.2) is 0 Å². The van der Waals surface area contributed by atoms with Gasteiger partial charge in [-0.1, -0.05) is 54.6 Å². The van der Waals surface area contributed by atoms with E-state index in [0.717, 1.165) is 11.1 Å². The van der Waals surface area contributed by atoms with E-state index >= 15 is 0 Å². The molecule has 1 unspecified atom stereocenters. The molecule has 1 atom stereocenters. The fourth-order valence-corrected chi connectivity index (χ4v) is 3.06. The summed E-state index contributed by atoms with van der Waals surface area (Å²) in [7, 11) is 0. The summed E-state index contributed by atoms with van der Waals surface area (Å²) in [4.78, 5) is 0. The van der Waals surface area contributed by atoms with Crippen LogP contribution in [0.5, 0.6) is 0 Å². The van der Waals surface area contributed by atoms with Gasteiger partial charge in [-0.15, -0.1) is 11.6 Å². The van der Waals surface area contributed by atoms with Gasteiger partial charge in [0.25, 0.3) is 0 Å². The molecule has 0 saturated carbocycles. The van der Waals surface area contributed by atoms with Crippen molar-refractivity contribution in [2.45, 2.75) is 5.38 Å². The SMILES string of the molecule is ClC(c1ccc(-c2ccccc2)cc1)c1ccoc1Br. The van der Waals surface area contributed by atoms with E-state index in [1.807, 2.05) is 24.3 Å². The van der Waals surface area contributed by atoms with Crippen LogP contribution in [0.1, 0.15) is 16.5 Å². The predicted molar refractivity (Wildman–Crippen MR) is 86.0 cm³/mol. The molecule has 3 heteroatoms. The van der Waals surface area contributed by atoms with Crippen molar-refractivity contribution in [2.75, 3.05) is 0 Å². The van der Waals surface area contributed by atoms with E-state index in [9.17, 15) is 0 Å². The molecule has 0 fully saturated rings. The lowest BCUT2D eigenvalue weighted by molar-refractivity contribution is 0.537. The van der Waals surface area contributed by atoms with Crippen molar-refractivity contribution in [3.8, 4) is 11.1 Å². The Kier molecular flexibility index (Phi) is 3.95. The van der Waals surface area contributed by atoms with Crippen LogP contribution >= 0.6 is 27.5 Å². The summed E-state index contributed by atoms with van der Waals surface area (Å²) in [5.74, 6) is 0. The minimum Gasteiger partial charge on any atom is -0.457 e. The minimum atomic E-state index is -0.215. The fraction of sp³-hybridized carbons (Fsp3) is 0.0588. The summed E-state index contributed by atoms with van der Waals surface area (Å²) in [5.41, 5.74) is 4.38.